The lowest BCUT2D eigenvalue weighted by Gasteiger charge is -2.10. The Balaban J connectivity index is 2.42. The highest BCUT2D eigenvalue weighted by atomic mass is 32.2. The Morgan fingerprint density at radius 3 is 2.45 bits per heavy atom. The van der Waals surface area contributed by atoms with Gasteiger partial charge in [0.25, 0.3) is 10.0 Å². The van der Waals surface area contributed by atoms with Crippen molar-refractivity contribution in [3.63, 3.8) is 0 Å². The average molecular weight is 292 g/mol. The molecule has 2 rings (SSSR count). The quantitative estimate of drug-likeness (QED) is 0.866. The van der Waals surface area contributed by atoms with E-state index in [1.807, 2.05) is 0 Å². The van der Waals surface area contributed by atoms with E-state index in [1.54, 1.807) is 6.07 Å². The molecule has 0 spiro atoms. The van der Waals surface area contributed by atoms with Gasteiger partial charge in [-0.05, 0) is 24.3 Å². The standard InChI is InChI=1S/C13H12N2O4S/c1-19-13(16)11-4-2-3-5-12(11)20(17,18)15-10-6-8-14-9-7-10/h2-9H,1H3,(H,14,15). The Morgan fingerprint density at radius 2 is 1.80 bits per heavy atom. The number of ether oxygens (including phenoxy) is 1. The van der Waals surface area contributed by atoms with E-state index >= 15 is 0 Å². The molecule has 1 heterocycles. The van der Waals surface area contributed by atoms with E-state index in [2.05, 4.69) is 14.4 Å². The zero-order valence-corrected chi connectivity index (χ0v) is 11.4. The number of pyridine rings is 1. The van der Waals surface area contributed by atoms with E-state index in [9.17, 15) is 13.2 Å². The minimum absolute atomic E-state index is 0.0171. The van der Waals surface area contributed by atoms with Crippen molar-refractivity contribution in [1.82, 2.24) is 4.98 Å². The minimum atomic E-state index is -3.88. The molecule has 104 valence electrons. The summed E-state index contributed by atoms with van der Waals surface area (Å²) < 4.78 is 31.6. The summed E-state index contributed by atoms with van der Waals surface area (Å²) in [4.78, 5) is 15.3. The molecule has 0 bridgehead atoms. The number of benzene rings is 1. The third-order valence-corrected chi connectivity index (χ3v) is 3.95. The Morgan fingerprint density at radius 1 is 1.15 bits per heavy atom. The maximum atomic E-state index is 12.3. The Kier molecular flexibility index (Phi) is 3.99. The Hall–Kier alpha value is -2.41. The van der Waals surface area contributed by atoms with Crippen molar-refractivity contribution >= 4 is 21.7 Å². The molecule has 1 N–H and O–H groups in total. The monoisotopic (exact) mass is 292 g/mol. The van der Waals surface area contributed by atoms with Crippen LogP contribution in [-0.2, 0) is 14.8 Å². The van der Waals surface area contributed by atoms with Crippen LogP contribution in [0, 0.1) is 0 Å². The van der Waals surface area contributed by atoms with Gasteiger partial charge in [-0.1, -0.05) is 12.1 Å². The second-order valence-electron chi connectivity index (χ2n) is 3.83. The van der Waals surface area contributed by atoms with Gasteiger partial charge in [0, 0.05) is 12.4 Å². The first-order chi connectivity index (χ1) is 9.54. The fraction of sp³-hybridized carbons (Fsp3) is 0.0769. The van der Waals surface area contributed by atoms with Crippen LogP contribution in [0.2, 0.25) is 0 Å². The Labute approximate surface area is 116 Å². The summed E-state index contributed by atoms with van der Waals surface area (Å²) in [5.41, 5.74) is 0.344. The predicted octanol–water partition coefficient (Wildman–Crippen LogP) is 1.67. The molecule has 20 heavy (non-hydrogen) atoms. The predicted molar refractivity (Wildman–Crippen MR) is 72.8 cm³/mol. The van der Waals surface area contributed by atoms with E-state index in [4.69, 9.17) is 0 Å². The number of nitrogens with zero attached hydrogens (tertiary/aromatic N) is 1. The molecule has 0 atom stereocenters. The van der Waals surface area contributed by atoms with Crippen molar-refractivity contribution in [3.8, 4) is 0 Å². The molecule has 0 unspecified atom stereocenters. The summed E-state index contributed by atoms with van der Waals surface area (Å²) in [6, 6.07) is 8.87. The van der Waals surface area contributed by atoms with Crippen molar-refractivity contribution in [3.05, 3.63) is 54.4 Å². The number of rotatable bonds is 4. The van der Waals surface area contributed by atoms with Crippen LogP contribution in [0.1, 0.15) is 10.4 Å². The largest absolute Gasteiger partial charge is 0.465 e. The first kappa shape index (κ1) is 14.0. The highest BCUT2D eigenvalue weighted by Crippen LogP contribution is 2.19. The van der Waals surface area contributed by atoms with Crippen LogP contribution in [0.15, 0.2) is 53.7 Å². The van der Waals surface area contributed by atoms with Crippen molar-refractivity contribution in [2.75, 3.05) is 11.8 Å². The van der Waals surface area contributed by atoms with Crippen LogP contribution >= 0.6 is 0 Å². The average Bonchev–Trinajstić information content (AvgIpc) is 2.47. The van der Waals surface area contributed by atoms with E-state index in [0.29, 0.717) is 5.69 Å². The number of methoxy groups -OCH3 is 1. The zero-order chi connectivity index (χ0) is 14.6. The van der Waals surface area contributed by atoms with Crippen molar-refractivity contribution in [2.45, 2.75) is 4.90 Å². The molecule has 0 aliphatic rings. The molecule has 0 aliphatic heterocycles. The third kappa shape index (κ3) is 2.94. The van der Waals surface area contributed by atoms with Gasteiger partial charge >= 0.3 is 5.97 Å². The van der Waals surface area contributed by atoms with E-state index in [0.717, 1.165) is 0 Å². The molecule has 0 aliphatic carbocycles. The molecular formula is C13H12N2O4S. The van der Waals surface area contributed by atoms with Crippen LogP contribution in [0.5, 0.6) is 0 Å². The fourth-order valence-corrected chi connectivity index (χ4v) is 2.86. The van der Waals surface area contributed by atoms with E-state index < -0.39 is 16.0 Å². The van der Waals surface area contributed by atoms with E-state index in [-0.39, 0.29) is 10.5 Å². The van der Waals surface area contributed by atoms with Crippen LogP contribution in [0.25, 0.3) is 0 Å². The number of aromatic nitrogens is 1. The topological polar surface area (TPSA) is 85.4 Å². The van der Waals surface area contributed by atoms with Gasteiger partial charge in [-0.15, -0.1) is 0 Å². The highest BCUT2D eigenvalue weighted by Gasteiger charge is 2.22. The highest BCUT2D eigenvalue weighted by molar-refractivity contribution is 7.92. The lowest BCUT2D eigenvalue weighted by Crippen LogP contribution is -2.17. The fourth-order valence-electron chi connectivity index (χ4n) is 1.61. The van der Waals surface area contributed by atoms with Gasteiger partial charge in [-0.3, -0.25) is 9.71 Å². The van der Waals surface area contributed by atoms with Gasteiger partial charge < -0.3 is 4.74 Å². The molecule has 1 aromatic carbocycles. The SMILES string of the molecule is COC(=O)c1ccccc1S(=O)(=O)Nc1ccncc1. The first-order valence-corrected chi connectivity index (χ1v) is 7.13. The second kappa shape index (κ2) is 5.70. The number of esters is 1. The number of hydrogen-bond acceptors (Lipinski definition) is 5. The van der Waals surface area contributed by atoms with Gasteiger partial charge in [-0.25, -0.2) is 13.2 Å². The van der Waals surface area contributed by atoms with Crippen LogP contribution in [0.3, 0.4) is 0 Å². The smallest absolute Gasteiger partial charge is 0.339 e. The number of carbonyl (C=O) groups excluding carboxylic acids is 1. The third-order valence-electron chi connectivity index (χ3n) is 2.51. The van der Waals surface area contributed by atoms with Gasteiger partial charge in [-0.2, -0.15) is 0 Å². The van der Waals surface area contributed by atoms with Crippen molar-refractivity contribution < 1.29 is 17.9 Å². The molecular weight excluding hydrogens is 280 g/mol. The molecule has 7 heteroatoms. The first-order valence-electron chi connectivity index (χ1n) is 5.65. The molecule has 2 aromatic rings. The summed E-state index contributed by atoms with van der Waals surface area (Å²) in [6.45, 7) is 0. The molecule has 0 amide bonds. The van der Waals surface area contributed by atoms with Gasteiger partial charge in [0.05, 0.1) is 18.4 Å². The summed E-state index contributed by atoms with van der Waals surface area (Å²) in [6.07, 6.45) is 2.92. The number of anilines is 1. The normalized spacial score (nSPS) is 10.8. The lowest BCUT2D eigenvalue weighted by molar-refractivity contribution is 0.0596. The molecule has 1 aromatic heterocycles. The van der Waals surface area contributed by atoms with E-state index in [1.165, 1.54) is 49.8 Å². The number of carbonyl (C=O) groups is 1. The van der Waals surface area contributed by atoms with Gasteiger partial charge in [0.1, 0.15) is 4.90 Å². The van der Waals surface area contributed by atoms with Crippen molar-refractivity contribution in [1.29, 1.82) is 0 Å². The molecule has 0 fully saturated rings. The summed E-state index contributed by atoms with van der Waals surface area (Å²) >= 11 is 0. The minimum Gasteiger partial charge on any atom is -0.465 e. The maximum Gasteiger partial charge on any atom is 0.339 e. The van der Waals surface area contributed by atoms with Crippen molar-refractivity contribution in [2.24, 2.45) is 0 Å². The molecule has 0 saturated carbocycles. The Bertz CT molecular complexity index is 714. The summed E-state index contributed by atoms with van der Waals surface area (Å²) in [5, 5.41) is 0. The lowest BCUT2D eigenvalue weighted by atomic mass is 10.2. The molecule has 0 radical (unpaired) electrons. The number of nitrogens with one attached hydrogen (secondary N) is 1. The second-order valence-corrected chi connectivity index (χ2v) is 5.48. The van der Waals surface area contributed by atoms with Gasteiger partial charge in [0.15, 0.2) is 0 Å². The summed E-state index contributed by atoms with van der Waals surface area (Å²) in [7, 11) is -2.68. The molecule has 0 saturated heterocycles. The van der Waals surface area contributed by atoms with Gasteiger partial charge in [0.2, 0.25) is 0 Å². The number of sulfonamides is 1. The zero-order valence-electron chi connectivity index (χ0n) is 10.6. The number of hydrogen-bond donors (Lipinski definition) is 1. The maximum absolute atomic E-state index is 12.3. The van der Waals surface area contributed by atoms with Crippen LogP contribution in [0.4, 0.5) is 5.69 Å². The molecule has 6 nitrogen and oxygen atoms in total. The van der Waals surface area contributed by atoms with Crippen LogP contribution < -0.4 is 4.72 Å². The van der Waals surface area contributed by atoms with Crippen LogP contribution in [-0.4, -0.2) is 26.5 Å². The summed E-state index contributed by atoms with van der Waals surface area (Å²) in [5.74, 6) is -0.708.